The molecule has 0 atom stereocenters. The third kappa shape index (κ3) is 2.26. The van der Waals surface area contributed by atoms with Crippen LogP contribution in [0.2, 0.25) is 0 Å². The number of carbonyl (C=O) groups excluding carboxylic acids is 3. The van der Waals surface area contributed by atoms with Gasteiger partial charge in [-0.05, 0) is 32.0 Å². The summed E-state index contributed by atoms with van der Waals surface area (Å²) in [5, 5.41) is 4.63. The minimum Gasteiger partial charge on any atom is -0.328 e. The summed E-state index contributed by atoms with van der Waals surface area (Å²) in [5.74, 6) is -2.01. The van der Waals surface area contributed by atoms with E-state index in [9.17, 15) is 14.4 Å². The van der Waals surface area contributed by atoms with Crippen LogP contribution in [-0.2, 0) is 16.2 Å². The monoisotopic (exact) mass is 299 g/mol. The lowest BCUT2D eigenvalue weighted by molar-refractivity contribution is -0.169. The fourth-order valence-electron chi connectivity index (χ4n) is 2.34. The van der Waals surface area contributed by atoms with Gasteiger partial charge in [0, 0.05) is 5.69 Å². The number of amides is 2. The van der Waals surface area contributed by atoms with Gasteiger partial charge in [0.2, 0.25) is 0 Å². The fourth-order valence-corrected chi connectivity index (χ4v) is 2.34. The molecule has 2 amide bonds. The van der Waals surface area contributed by atoms with Crippen LogP contribution in [0.15, 0.2) is 30.3 Å². The number of hydroxylamine groups is 2. The van der Waals surface area contributed by atoms with Gasteiger partial charge in [-0.25, -0.2) is 4.79 Å². The number of hydrogen-bond donors (Lipinski definition) is 0. The van der Waals surface area contributed by atoms with Gasteiger partial charge in [-0.1, -0.05) is 17.2 Å². The Morgan fingerprint density at radius 1 is 1.14 bits per heavy atom. The van der Waals surface area contributed by atoms with Crippen LogP contribution < -0.4 is 0 Å². The van der Waals surface area contributed by atoms with Crippen molar-refractivity contribution in [3.8, 4) is 0 Å². The van der Waals surface area contributed by atoms with E-state index in [1.165, 1.54) is 16.8 Å². The molecule has 22 heavy (non-hydrogen) atoms. The van der Waals surface area contributed by atoms with E-state index in [0.29, 0.717) is 5.06 Å². The molecule has 7 nitrogen and oxygen atoms in total. The second-order valence-electron chi connectivity index (χ2n) is 5.00. The Bertz CT molecular complexity index is 759. The summed E-state index contributed by atoms with van der Waals surface area (Å²) in [5.41, 5.74) is 2.01. The molecule has 0 aliphatic carbocycles. The van der Waals surface area contributed by atoms with Crippen molar-refractivity contribution in [2.75, 3.05) is 0 Å². The lowest BCUT2D eigenvalue weighted by atomic mass is 10.1. The van der Waals surface area contributed by atoms with Crippen LogP contribution in [0.4, 0.5) is 0 Å². The number of imide groups is 1. The second kappa shape index (κ2) is 5.10. The number of aromatic nitrogens is 2. The van der Waals surface area contributed by atoms with Crippen molar-refractivity contribution in [2.45, 2.75) is 20.4 Å². The number of fused-ring (bicyclic) bond motifs is 1. The van der Waals surface area contributed by atoms with E-state index in [0.717, 1.165) is 11.4 Å². The Labute approximate surface area is 126 Å². The number of rotatable bonds is 3. The summed E-state index contributed by atoms with van der Waals surface area (Å²) in [6.45, 7) is 3.43. The first-order valence-corrected chi connectivity index (χ1v) is 6.67. The molecule has 0 spiro atoms. The molecule has 0 fully saturated rings. The maximum Gasteiger partial charge on any atom is 0.354 e. The average Bonchev–Trinajstić information content (AvgIpc) is 2.91. The largest absolute Gasteiger partial charge is 0.354 e. The maximum atomic E-state index is 12.1. The fraction of sp³-hybridized carbons (Fsp3) is 0.200. The lowest BCUT2D eigenvalue weighted by Gasteiger charge is -2.13. The zero-order chi connectivity index (χ0) is 15.9. The highest BCUT2D eigenvalue weighted by Gasteiger charge is 2.38. The number of hydrogen-bond acceptors (Lipinski definition) is 5. The van der Waals surface area contributed by atoms with Crippen LogP contribution in [0.5, 0.6) is 0 Å². The predicted octanol–water partition coefficient (Wildman–Crippen LogP) is 1.25. The summed E-state index contributed by atoms with van der Waals surface area (Å²) < 4.78 is 1.45. The molecule has 1 aromatic heterocycles. The molecule has 0 bridgehead atoms. The van der Waals surface area contributed by atoms with Crippen molar-refractivity contribution >= 4 is 17.8 Å². The Morgan fingerprint density at radius 3 is 2.23 bits per heavy atom. The summed E-state index contributed by atoms with van der Waals surface area (Å²) in [6.07, 6.45) is 0. The van der Waals surface area contributed by atoms with Gasteiger partial charge in [-0.2, -0.15) is 5.10 Å². The van der Waals surface area contributed by atoms with Gasteiger partial charge in [-0.3, -0.25) is 14.3 Å². The molecule has 0 radical (unpaired) electrons. The summed E-state index contributed by atoms with van der Waals surface area (Å²) in [6, 6.07) is 8.14. The predicted molar refractivity (Wildman–Crippen MR) is 74.7 cm³/mol. The SMILES string of the molecule is Cc1cc(C)n(CC(=O)ON2C(=O)c3ccccc3C2=O)n1. The Balaban J connectivity index is 1.74. The van der Waals surface area contributed by atoms with E-state index >= 15 is 0 Å². The molecule has 3 rings (SSSR count). The third-order valence-corrected chi connectivity index (χ3v) is 3.33. The van der Waals surface area contributed by atoms with Crippen LogP contribution in [0.25, 0.3) is 0 Å². The first-order chi connectivity index (χ1) is 10.5. The van der Waals surface area contributed by atoms with Crippen LogP contribution in [0.3, 0.4) is 0 Å². The van der Waals surface area contributed by atoms with Gasteiger partial charge < -0.3 is 4.84 Å². The molecule has 2 aromatic rings. The molecule has 1 aliphatic rings. The highest BCUT2D eigenvalue weighted by atomic mass is 16.7. The molecule has 112 valence electrons. The van der Waals surface area contributed by atoms with Crippen LogP contribution in [-0.4, -0.2) is 32.6 Å². The Hall–Kier alpha value is -2.96. The normalized spacial score (nSPS) is 13.5. The minimum atomic E-state index is -0.735. The van der Waals surface area contributed by atoms with Crippen LogP contribution in [0.1, 0.15) is 32.1 Å². The first kappa shape index (κ1) is 14.0. The standard InChI is InChI=1S/C15H13N3O4/c1-9-7-10(2)17(16-9)8-13(19)22-18-14(20)11-5-3-4-6-12(11)15(18)21/h3-7H,8H2,1-2H3. The van der Waals surface area contributed by atoms with Gasteiger partial charge in [0.05, 0.1) is 16.8 Å². The number of benzene rings is 1. The second-order valence-corrected chi connectivity index (χ2v) is 5.00. The molecular formula is C15H13N3O4. The molecule has 0 unspecified atom stereocenters. The smallest absolute Gasteiger partial charge is 0.328 e. The van der Waals surface area contributed by atoms with E-state index in [1.54, 1.807) is 26.0 Å². The zero-order valence-corrected chi connectivity index (χ0v) is 12.1. The van der Waals surface area contributed by atoms with E-state index in [2.05, 4.69) is 5.10 Å². The highest BCUT2D eigenvalue weighted by molar-refractivity contribution is 6.20. The van der Waals surface area contributed by atoms with Gasteiger partial charge >= 0.3 is 5.97 Å². The van der Waals surface area contributed by atoms with Gasteiger partial charge in [0.25, 0.3) is 11.8 Å². The molecule has 2 heterocycles. The van der Waals surface area contributed by atoms with E-state index in [1.807, 2.05) is 6.07 Å². The number of aryl methyl sites for hydroxylation is 2. The molecular weight excluding hydrogens is 286 g/mol. The van der Waals surface area contributed by atoms with Crippen molar-refractivity contribution in [3.05, 3.63) is 52.8 Å². The van der Waals surface area contributed by atoms with Crippen molar-refractivity contribution in [3.63, 3.8) is 0 Å². The van der Waals surface area contributed by atoms with Crippen molar-refractivity contribution in [1.82, 2.24) is 14.8 Å². The lowest BCUT2D eigenvalue weighted by Crippen LogP contribution is -2.34. The van der Waals surface area contributed by atoms with Crippen LogP contribution >= 0.6 is 0 Å². The summed E-state index contributed by atoms with van der Waals surface area (Å²) in [4.78, 5) is 41.0. The average molecular weight is 299 g/mol. The summed E-state index contributed by atoms with van der Waals surface area (Å²) in [7, 11) is 0. The molecule has 1 aromatic carbocycles. The zero-order valence-electron chi connectivity index (χ0n) is 12.1. The van der Waals surface area contributed by atoms with E-state index in [-0.39, 0.29) is 17.7 Å². The Kier molecular flexibility index (Phi) is 3.25. The van der Waals surface area contributed by atoms with Crippen molar-refractivity contribution < 1.29 is 19.2 Å². The van der Waals surface area contributed by atoms with Crippen LogP contribution in [0, 0.1) is 13.8 Å². The van der Waals surface area contributed by atoms with Gasteiger partial charge in [0.15, 0.2) is 0 Å². The van der Waals surface area contributed by atoms with Gasteiger partial charge in [-0.15, -0.1) is 0 Å². The number of nitrogens with zero attached hydrogens (tertiary/aromatic N) is 3. The molecule has 0 N–H and O–H groups in total. The quantitative estimate of drug-likeness (QED) is 0.797. The third-order valence-electron chi connectivity index (χ3n) is 3.33. The maximum absolute atomic E-state index is 12.1. The number of carbonyl (C=O) groups is 3. The Morgan fingerprint density at radius 2 is 1.73 bits per heavy atom. The first-order valence-electron chi connectivity index (χ1n) is 6.67. The van der Waals surface area contributed by atoms with E-state index < -0.39 is 17.8 Å². The highest BCUT2D eigenvalue weighted by Crippen LogP contribution is 2.22. The van der Waals surface area contributed by atoms with Gasteiger partial charge in [0.1, 0.15) is 6.54 Å². The van der Waals surface area contributed by atoms with Crippen molar-refractivity contribution in [1.29, 1.82) is 0 Å². The summed E-state index contributed by atoms with van der Waals surface area (Å²) >= 11 is 0. The molecule has 0 saturated heterocycles. The van der Waals surface area contributed by atoms with E-state index in [4.69, 9.17) is 4.84 Å². The molecule has 7 heteroatoms. The topological polar surface area (TPSA) is 81.5 Å². The minimum absolute atomic E-state index is 0.174. The molecule has 1 aliphatic heterocycles. The molecule has 0 saturated carbocycles. The van der Waals surface area contributed by atoms with Crippen molar-refractivity contribution in [2.24, 2.45) is 0 Å².